The second-order valence-corrected chi connectivity index (χ2v) is 12.2. The van der Waals surface area contributed by atoms with Gasteiger partial charge >= 0.3 is 0 Å². The molecule has 3 amide bonds. The van der Waals surface area contributed by atoms with E-state index in [2.05, 4.69) is 44.4 Å². The zero-order valence-corrected chi connectivity index (χ0v) is 24.8. The number of likely N-dealkylation sites (N-methyl/N-ethyl adjacent to an activating group) is 1. The normalized spacial score (nSPS) is 18.7. The van der Waals surface area contributed by atoms with Crippen LogP contribution < -0.4 is 16.0 Å². The van der Waals surface area contributed by atoms with Gasteiger partial charge in [-0.15, -0.1) is 11.3 Å². The molecule has 2 saturated heterocycles. The number of ether oxygens (including phenoxy) is 1. The first-order valence-electron chi connectivity index (χ1n) is 13.7. The van der Waals surface area contributed by atoms with Crippen LogP contribution in [0.5, 0.6) is 0 Å². The van der Waals surface area contributed by atoms with Crippen LogP contribution in [0.3, 0.4) is 0 Å². The van der Waals surface area contributed by atoms with Gasteiger partial charge in [-0.1, -0.05) is 18.2 Å². The highest BCUT2D eigenvalue weighted by molar-refractivity contribution is 7.18. The number of thiazole rings is 1. The van der Waals surface area contributed by atoms with E-state index in [1.165, 1.54) is 18.3 Å². The summed E-state index contributed by atoms with van der Waals surface area (Å²) in [7, 11) is 2.09. The Morgan fingerprint density at radius 3 is 2.60 bits per heavy atom. The number of hydrogen-bond donors (Lipinski definition) is 3. The van der Waals surface area contributed by atoms with Crippen molar-refractivity contribution in [2.75, 3.05) is 59.5 Å². The van der Waals surface area contributed by atoms with E-state index in [9.17, 15) is 14.4 Å². The molecule has 0 radical (unpaired) electrons. The van der Waals surface area contributed by atoms with E-state index in [0.29, 0.717) is 30.4 Å². The number of aromatic nitrogens is 1. The van der Waals surface area contributed by atoms with E-state index in [0.717, 1.165) is 54.2 Å². The molecule has 12 heteroatoms. The van der Waals surface area contributed by atoms with E-state index < -0.39 is 6.04 Å². The topological polar surface area (TPSA) is 116 Å². The van der Waals surface area contributed by atoms with Crippen LogP contribution in [-0.2, 0) is 25.5 Å². The van der Waals surface area contributed by atoms with E-state index in [1.807, 2.05) is 12.1 Å². The highest BCUT2D eigenvalue weighted by atomic mass is 35.5. The van der Waals surface area contributed by atoms with Gasteiger partial charge in [-0.25, -0.2) is 4.98 Å². The largest absolute Gasteiger partial charge is 0.381 e. The molecule has 0 spiro atoms. The summed E-state index contributed by atoms with van der Waals surface area (Å²) in [5.41, 5.74) is 1.31. The molecular weight excluding hydrogens is 552 g/mol. The number of carbonyl (C=O) groups is 3. The smallest absolute Gasteiger partial charge is 0.247 e. The quantitative estimate of drug-likeness (QED) is 0.342. The van der Waals surface area contributed by atoms with Crippen molar-refractivity contribution in [3.63, 3.8) is 0 Å². The van der Waals surface area contributed by atoms with Crippen molar-refractivity contribution in [3.05, 3.63) is 40.4 Å². The first-order chi connectivity index (χ1) is 19.2. The minimum atomic E-state index is -0.807. The van der Waals surface area contributed by atoms with Crippen molar-refractivity contribution < 1.29 is 19.1 Å². The first kappa shape index (κ1) is 30.4. The zero-order valence-electron chi connectivity index (χ0n) is 23.2. The molecule has 4 rings (SSSR count). The third kappa shape index (κ3) is 8.71. The van der Waals surface area contributed by atoms with Gasteiger partial charge in [-0.3, -0.25) is 19.3 Å². The number of rotatable bonds is 11. The summed E-state index contributed by atoms with van der Waals surface area (Å²) in [6.45, 7) is 11.1. The highest BCUT2D eigenvalue weighted by Gasteiger charge is 2.30. The van der Waals surface area contributed by atoms with E-state index in [1.54, 1.807) is 6.07 Å². The Bertz CT molecular complexity index is 1210. The molecule has 10 nitrogen and oxygen atoms in total. The first-order valence-corrected chi connectivity index (χ1v) is 14.9. The average molecular weight is 591 g/mol. The van der Waals surface area contributed by atoms with Gasteiger partial charge in [0.25, 0.3) is 0 Å². The predicted octanol–water partition coefficient (Wildman–Crippen LogP) is 1.83. The van der Waals surface area contributed by atoms with Crippen LogP contribution in [0, 0.1) is 5.92 Å². The fourth-order valence-corrected chi connectivity index (χ4v) is 6.36. The van der Waals surface area contributed by atoms with Crippen LogP contribution in [0.15, 0.2) is 30.4 Å². The fraction of sp³-hybridized carbons (Fsp3) is 0.571. The summed E-state index contributed by atoms with van der Waals surface area (Å²) < 4.78 is 6.45. The van der Waals surface area contributed by atoms with Crippen LogP contribution in [0.4, 0.5) is 0 Å². The molecule has 0 saturated carbocycles. The molecular formula is C28H39ClN6O4S. The van der Waals surface area contributed by atoms with Gasteiger partial charge in [0.1, 0.15) is 6.04 Å². The number of hydrogen-bond acceptors (Lipinski definition) is 8. The molecule has 218 valence electrons. The van der Waals surface area contributed by atoms with Crippen molar-refractivity contribution in [3.8, 4) is 0 Å². The summed E-state index contributed by atoms with van der Waals surface area (Å²) in [6, 6.07) is 4.33. The Balaban J connectivity index is 1.40. The Hall–Kier alpha value is -2.57. The summed E-state index contributed by atoms with van der Waals surface area (Å²) >= 11 is 7.57. The molecule has 40 heavy (non-hydrogen) atoms. The summed E-state index contributed by atoms with van der Waals surface area (Å²) in [6.07, 6.45) is 1.79. The maximum Gasteiger partial charge on any atom is 0.247 e. The van der Waals surface area contributed by atoms with Gasteiger partial charge in [0, 0.05) is 82.5 Å². The van der Waals surface area contributed by atoms with E-state index >= 15 is 0 Å². The molecule has 2 aliphatic heterocycles. The standard InChI is InChI=1S/C28H39ClN6O4S/c1-18(17-35-10-8-34(3)9-11-35)27(37)30-16-24(20-6-12-39-13-7-20)33-28(38)23(31-19(2)36)15-26-32-22-5-4-21(29)14-25(22)40-26/h4-5,14,20,23-24H,1,6-13,15-17H2,2-3H3,(H,30,37)(H,31,36)(H,33,38)/t23-,24+/m0/s1. The number of halogens is 1. The van der Waals surface area contributed by atoms with Gasteiger partial charge in [0.2, 0.25) is 17.7 Å². The number of amides is 3. The van der Waals surface area contributed by atoms with Gasteiger partial charge in [-0.2, -0.15) is 0 Å². The molecule has 2 fully saturated rings. The third-order valence-corrected chi connectivity index (χ3v) is 8.72. The summed E-state index contributed by atoms with van der Waals surface area (Å²) in [5, 5.41) is 10.2. The maximum absolute atomic E-state index is 13.5. The lowest BCUT2D eigenvalue weighted by atomic mass is 9.91. The molecule has 2 aliphatic rings. The van der Waals surface area contributed by atoms with Crippen molar-refractivity contribution in [2.24, 2.45) is 5.92 Å². The summed E-state index contributed by atoms with van der Waals surface area (Å²) in [5.74, 6) is -0.696. The molecule has 0 bridgehead atoms. The second kappa shape index (κ2) is 14.4. The zero-order chi connectivity index (χ0) is 28.6. The van der Waals surface area contributed by atoms with Crippen molar-refractivity contribution >= 4 is 50.9 Å². The van der Waals surface area contributed by atoms with Crippen molar-refractivity contribution in [1.82, 2.24) is 30.7 Å². The van der Waals surface area contributed by atoms with E-state index in [-0.39, 0.29) is 42.6 Å². The van der Waals surface area contributed by atoms with Crippen LogP contribution in [-0.4, -0.2) is 104 Å². The molecule has 1 aromatic carbocycles. The molecule has 2 atom stereocenters. The minimum absolute atomic E-state index is 0.131. The molecule has 0 aliphatic carbocycles. The number of carbonyl (C=O) groups excluding carboxylic acids is 3. The van der Waals surface area contributed by atoms with Crippen LogP contribution in [0.25, 0.3) is 10.2 Å². The molecule has 1 aromatic heterocycles. The average Bonchev–Trinajstić information content (AvgIpc) is 3.33. The van der Waals surface area contributed by atoms with E-state index in [4.69, 9.17) is 16.3 Å². The second-order valence-electron chi connectivity index (χ2n) is 10.6. The number of fused-ring (bicyclic) bond motifs is 1. The molecule has 2 aromatic rings. The monoisotopic (exact) mass is 590 g/mol. The predicted molar refractivity (Wildman–Crippen MR) is 157 cm³/mol. The van der Waals surface area contributed by atoms with Gasteiger partial charge in [-0.05, 0) is 44.0 Å². The van der Waals surface area contributed by atoms with Gasteiger partial charge in [0.05, 0.1) is 15.2 Å². The molecule has 3 N–H and O–H groups in total. The lowest BCUT2D eigenvalue weighted by Crippen LogP contribution is -2.55. The Morgan fingerprint density at radius 1 is 1.18 bits per heavy atom. The Morgan fingerprint density at radius 2 is 1.90 bits per heavy atom. The fourth-order valence-electron chi connectivity index (χ4n) is 5.08. The van der Waals surface area contributed by atoms with Crippen molar-refractivity contribution in [1.29, 1.82) is 0 Å². The lowest BCUT2D eigenvalue weighted by molar-refractivity contribution is -0.129. The molecule has 0 unspecified atom stereocenters. The Kier molecular flexibility index (Phi) is 10.9. The number of benzene rings is 1. The maximum atomic E-state index is 13.5. The van der Waals surface area contributed by atoms with Gasteiger partial charge in [0.15, 0.2) is 0 Å². The third-order valence-electron chi connectivity index (χ3n) is 7.44. The van der Waals surface area contributed by atoms with Crippen LogP contribution in [0.1, 0.15) is 24.8 Å². The van der Waals surface area contributed by atoms with Crippen LogP contribution >= 0.6 is 22.9 Å². The van der Waals surface area contributed by atoms with Gasteiger partial charge < -0.3 is 25.6 Å². The lowest BCUT2D eigenvalue weighted by Gasteiger charge is -2.33. The van der Waals surface area contributed by atoms with Crippen LogP contribution in [0.2, 0.25) is 5.02 Å². The minimum Gasteiger partial charge on any atom is -0.381 e. The number of nitrogens with zero attached hydrogens (tertiary/aromatic N) is 3. The molecule has 3 heterocycles. The Labute approximate surface area is 244 Å². The SMILES string of the molecule is C=C(CN1CCN(C)CC1)C(=O)NC[C@@H](NC(=O)[C@H](Cc1nc2ccc(Cl)cc2s1)NC(C)=O)C1CCOCC1. The number of piperazine rings is 1. The summed E-state index contributed by atoms with van der Waals surface area (Å²) in [4.78, 5) is 47.6. The highest BCUT2D eigenvalue weighted by Crippen LogP contribution is 2.26. The number of nitrogens with one attached hydrogen (secondary N) is 3. The van der Waals surface area contributed by atoms with Crippen molar-refractivity contribution in [2.45, 2.75) is 38.3 Å².